The summed E-state index contributed by atoms with van der Waals surface area (Å²) in [6, 6.07) is 0. The average molecular weight is 287 g/mol. The van der Waals surface area contributed by atoms with E-state index in [4.69, 9.17) is 5.73 Å². The minimum absolute atomic E-state index is 0.0902. The third-order valence-corrected chi connectivity index (χ3v) is 5.20. The fourth-order valence-electron chi connectivity index (χ4n) is 2.13. The summed E-state index contributed by atoms with van der Waals surface area (Å²) < 4.78 is 28.1. The van der Waals surface area contributed by atoms with Crippen LogP contribution >= 0.6 is 0 Å². The molecule has 1 aliphatic rings. The van der Waals surface area contributed by atoms with Gasteiger partial charge in [0.1, 0.15) is 4.90 Å². The zero-order chi connectivity index (χ0) is 14.0. The van der Waals surface area contributed by atoms with Gasteiger partial charge in [-0.15, -0.1) is 0 Å². The van der Waals surface area contributed by atoms with Crippen LogP contribution < -0.4 is 5.73 Å². The van der Waals surface area contributed by atoms with E-state index in [-0.39, 0.29) is 10.7 Å². The van der Waals surface area contributed by atoms with Crippen LogP contribution in [0.15, 0.2) is 11.1 Å². The summed E-state index contributed by atoms with van der Waals surface area (Å²) in [6.07, 6.45) is 2.42. The predicted molar refractivity (Wildman–Crippen MR) is 73.2 cm³/mol. The number of likely N-dealkylation sites (N-methyl/N-ethyl adjacent to an activating group) is 1. The van der Waals surface area contributed by atoms with E-state index >= 15 is 0 Å². The van der Waals surface area contributed by atoms with Crippen molar-refractivity contribution in [2.45, 2.75) is 24.8 Å². The first kappa shape index (κ1) is 14.3. The largest absolute Gasteiger partial charge is 0.381 e. The highest BCUT2D eigenvalue weighted by atomic mass is 32.2. The lowest BCUT2D eigenvalue weighted by molar-refractivity contribution is 0.222. The van der Waals surface area contributed by atoms with Crippen LogP contribution in [0.25, 0.3) is 0 Å². The number of hydrogen-bond donors (Lipinski definition) is 1. The summed E-state index contributed by atoms with van der Waals surface area (Å²) in [5, 5.41) is 4.05. The summed E-state index contributed by atoms with van der Waals surface area (Å²) in [6.45, 7) is 5.15. The van der Waals surface area contributed by atoms with E-state index in [1.807, 2.05) is 14.0 Å². The summed E-state index contributed by atoms with van der Waals surface area (Å²) >= 11 is 0. The Morgan fingerprint density at radius 1 is 1.32 bits per heavy atom. The zero-order valence-electron chi connectivity index (χ0n) is 11.4. The molecule has 19 heavy (non-hydrogen) atoms. The number of sulfonamides is 1. The molecule has 0 aliphatic carbocycles. The first-order valence-corrected chi connectivity index (χ1v) is 7.90. The molecule has 7 nitrogen and oxygen atoms in total. The molecule has 1 aromatic heterocycles. The van der Waals surface area contributed by atoms with E-state index in [0.29, 0.717) is 19.6 Å². The molecule has 2 heterocycles. The standard InChI is InChI=1S/C11H21N5O2S/c1-3-4-15-9-10(11(12)13-15)19(17,18)16-7-5-14(2)6-8-16/h9H,3-8H2,1-2H3,(H2,12,13). The quantitative estimate of drug-likeness (QED) is 0.830. The molecule has 0 atom stereocenters. The molecule has 0 radical (unpaired) electrons. The molecule has 0 aromatic carbocycles. The number of hydrogen-bond acceptors (Lipinski definition) is 5. The molecule has 1 fully saturated rings. The maximum Gasteiger partial charge on any atom is 0.248 e. The molecule has 1 aliphatic heterocycles. The molecule has 2 N–H and O–H groups in total. The van der Waals surface area contributed by atoms with E-state index in [2.05, 4.69) is 10.00 Å². The fraction of sp³-hybridized carbons (Fsp3) is 0.727. The van der Waals surface area contributed by atoms with Gasteiger partial charge in [-0.05, 0) is 13.5 Å². The minimum Gasteiger partial charge on any atom is -0.381 e. The van der Waals surface area contributed by atoms with Crippen LogP contribution in [-0.4, -0.2) is 60.6 Å². The highest BCUT2D eigenvalue weighted by Gasteiger charge is 2.30. The van der Waals surface area contributed by atoms with Crippen LogP contribution in [0.3, 0.4) is 0 Å². The van der Waals surface area contributed by atoms with Gasteiger partial charge in [-0.1, -0.05) is 6.92 Å². The second-order valence-corrected chi connectivity index (χ2v) is 6.76. The number of nitrogens with two attached hydrogens (primary N) is 1. The molecule has 1 aromatic rings. The topological polar surface area (TPSA) is 84.5 Å². The molecule has 2 rings (SSSR count). The molecule has 0 unspecified atom stereocenters. The number of rotatable bonds is 4. The van der Waals surface area contributed by atoms with Gasteiger partial charge in [-0.25, -0.2) is 8.42 Å². The first-order valence-electron chi connectivity index (χ1n) is 6.46. The van der Waals surface area contributed by atoms with Gasteiger partial charge >= 0.3 is 0 Å². The third kappa shape index (κ3) is 2.90. The third-order valence-electron chi connectivity index (χ3n) is 3.29. The predicted octanol–water partition coefficient (Wildman–Crippen LogP) is -0.189. The molecular formula is C11H21N5O2S. The molecule has 0 spiro atoms. The van der Waals surface area contributed by atoms with Crippen molar-refractivity contribution >= 4 is 15.8 Å². The number of aromatic nitrogens is 2. The van der Waals surface area contributed by atoms with Crippen molar-refractivity contribution in [3.05, 3.63) is 6.20 Å². The van der Waals surface area contributed by atoms with E-state index in [0.717, 1.165) is 19.5 Å². The Bertz CT molecular complexity index is 531. The van der Waals surface area contributed by atoms with Crippen molar-refractivity contribution in [3.63, 3.8) is 0 Å². The second kappa shape index (κ2) is 5.48. The number of nitrogens with zero attached hydrogens (tertiary/aromatic N) is 4. The molecular weight excluding hydrogens is 266 g/mol. The molecule has 0 bridgehead atoms. The molecule has 108 valence electrons. The monoisotopic (exact) mass is 287 g/mol. The van der Waals surface area contributed by atoms with Gasteiger partial charge in [0.25, 0.3) is 0 Å². The van der Waals surface area contributed by atoms with Gasteiger partial charge in [0.15, 0.2) is 5.82 Å². The van der Waals surface area contributed by atoms with Gasteiger partial charge in [0, 0.05) is 38.9 Å². The summed E-state index contributed by atoms with van der Waals surface area (Å²) in [5.41, 5.74) is 5.74. The highest BCUT2D eigenvalue weighted by molar-refractivity contribution is 7.89. The van der Waals surface area contributed by atoms with Crippen LogP contribution in [0.5, 0.6) is 0 Å². The maximum atomic E-state index is 12.5. The second-order valence-electron chi connectivity index (χ2n) is 4.85. The lowest BCUT2D eigenvalue weighted by Gasteiger charge is -2.31. The number of anilines is 1. The highest BCUT2D eigenvalue weighted by Crippen LogP contribution is 2.22. The fourth-order valence-corrected chi connectivity index (χ4v) is 3.61. The van der Waals surface area contributed by atoms with E-state index in [9.17, 15) is 8.42 Å². The first-order chi connectivity index (χ1) is 8.95. The number of piperazine rings is 1. The molecule has 0 saturated carbocycles. The number of nitrogen functional groups attached to an aromatic ring is 1. The summed E-state index contributed by atoms with van der Waals surface area (Å²) in [4.78, 5) is 2.24. The Balaban J connectivity index is 2.24. The Labute approximate surface area is 114 Å². The average Bonchev–Trinajstić information content (AvgIpc) is 2.72. The van der Waals surface area contributed by atoms with Crippen molar-refractivity contribution < 1.29 is 8.42 Å². The van der Waals surface area contributed by atoms with E-state index in [1.165, 1.54) is 10.5 Å². The van der Waals surface area contributed by atoms with Crippen molar-refractivity contribution in [2.75, 3.05) is 39.0 Å². The van der Waals surface area contributed by atoms with Gasteiger partial charge in [0.2, 0.25) is 10.0 Å². The van der Waals surface area contributed by atoms with Crippen molar-refractivity contribution in [1.29, 1.82) is 0 Å². The Kier molecular flexibility index (Phi) is 4.12. The van der Waals surface area contributed by atoms with Crippen molar-refractivity contribution in [1.82, 2.24) is 19.0 Å². The summed E-state index contributed by atoms with van der Waals surface area (Å²) in [5.74, 6) is 0.0902. The zero-order valence-corrected chi connectivity index (χ0v) is 12.2. The van der Waals surface area contributed by atoms with Crippen LogP contribution in [0.4, 0.5) is 5.82 Å². The van der Waals surface area contributed by atoms with Crippen LogP contribution in [0.1, 0.15) is 13.3 Å². The van der Waals surface area contributed by atoms with Crippen LogP contribution in [0, 0.1) is 0 Å². The van der Waals surface area contributed by atoms with Crippen LogP contribution in [-0.2, 0) is 16.6 Å². The minimum atomic E-state index is -3.52. The molecule has 1 saturated heterocycles. The van der Waals surface area contributed by atoms with E-state index in [1.54, 1.807) is 4.68 Å². The van der Waals surface area contributed by atoms with Gasteiger partial charge in [0.05, 0.1) is 0 Å². The smallest absolute Gasteiger partial charge is 0.248 e. The van der Waals surface area contributed by atoms with Crippen molar-refractivity contribution in [2.24, 2.45) is 0 Å². The summed E-state index contributed by atoms with van der Waals surface area (Å²) in [7, 11) is -1.53. The Morgan fingerprint density at radius 3 is 2.53 bits per heavy atom. The Hall–Kier alpha value is -1.12. The Morgan fingerprint density at radius 2 is 1.95 bits per heavy atom. The van der Waals surface area contributed by atoms with Gasteiger partial charge in [-0.3, -0.25) is 4.68 Å². The van der Waals surface area contributed by atoms with Crippen LogP contribution in [0.2, 0.25) is 0 Å². The van der Waals surface area contributed by atoms with Gasteiger partial charge in [-0.2, -0.15) is 9.40 Å². The molecule has 0 amide bonds. The lowest BCUT2D eigenvalue weighted by atomic mass is 10.4. The number of aryl methyl sites for hydroxylation is 1. The van der Waals surface area contributed by atoms with Crippen molar-refractivity contribution in [3.8, 4) is 0 Å². The SMILES string of the molecule is CCCn1cc(S(=O)(=O)N2CCN(C)CC2)c(N)n1. The normalized spacial score (nSPS) is 18.8. The molecule has 8 heteroatoms. The van der Waals surface area contributed by atoms with E-state index < -0.39 is 10.0 Å². The maximum absolute atomic E-state index is 12.5. The van der Waals surface area contributed by atoms with Gasteiger partial charge < -0.3 is 10.6 Å². The lowest BCUT2D eigenvalue weighted by Crippen LogP contribution is -2.47.